The van der Waals surface area contributed by atoms with Crippen molar-refractivity contribution in [1.29, 1.82) is 0 Å². The molecule has 1 aromatic heterocycles. The summed E-state index contributed by atoms with van der Waals surface area (Å²) in [5.41, 5.74) is 1.97. The molecule has 0 saturated heterocycles. The van der Waals surface area contributed by atoms with E-state index < -0.39 is 12.4 Å². The van der Waals surface area contributed by atoms with Crippen LogP contribution in [0.3, 0.4) is 0 Å². The highest BCUT2D eigenvalue weighted by Crippen LogP contribution is 2.32. The van der Waals surface area contributed by atoms with Crippen LogP contribution in [0.5, 0.6) is 0 Å². The van der Waals surface area contributed by atoms with Crippen molar-refractivity contribution in [3.63, 3.8) is 0 Å². The van der Waals surface area contributed by atoms with E-state index in [0.29, 0.717) is 16.8 Å². The van der Waals surface area contributed by atoms with Crippen LogP contribution in [0, 0.1) is 6.92 Å². The third-order valence-corrected chi connectivity index (χ3v) is 3.77. The van der Waals surface area contributed by atoms with Crippen LogP contribution in [0.25, 0.3) is 22.2 Å². The molecule has 5 heteroatoms. The van der Waals surface area contributed by atoms with Crippen molar-refractivity contribution in [2.24, 2.45) is 0 Å². The van der Waals surface area contributed by atoms with Crippen LogP contribution in [0.1, 0.15) is 27.9 Å². The van der Waals surface area contributed by atoms with Crippen LogP contribution in [0.15, 0.2) is 48.5 Å². The number of fused-ring (bicyclic) bond motifs is 1. The maximum Gasteiger partial charge on any atom is 0.336 e. The Morgan fingerprint density at radius 3 is 2.43 bits per heavy atom. The molecule has 1 heterocycles. The van der Waals surface area contributed by atoms with Crippen LogP contribution < -0.4 is 0 Å². The van der Waals surface area contributed by atoms with Gasteiger partial charge in [0.2, 0.25) is 0 Å². The lowest BCUT2D eigenvalue weighted by molar-refractivity contribution is 0.0698. The number of nitrogens with zero attached hydrogens (tertiary/aromatic N) is 1. The summed E-state index contributed by atoms with van der Waals surface area (Å²) in [5, 5.41) is 9.78. The number of pyridine rings is 1. The molecule has 3 aromatic rings. The fraction of sp³-hybridized carbons (Fsp3) is 0.111. The Balaban J connectivity index is 2.36. The Labute approximate surface area is 131 Å². The van der Waals surface area contributed by atoms with Gasteiger partial charge in [0, 0.05) is 16.5 Å². The minimum absolute atomic E-state index is 0.0105. The summed E-state index contributed by atoms with van der Waals surface area (Å²) in [6.07, 6.45) is -2.66. The van der Waals surface area contributed by atoms with Crippen molar-refractivity contribution in [3.8, 4) is 11.3 Å². The molecule has 0 bridgehead atoms. The maximum absolute atomic E-state index is 12.9. The Kier molecular flexibility index (Phi) is 3.78. The van der Waals surface area contributed by atoms with Gasteiger partial charge in [-0.1, -0.05) is 36.4 Å². The molecule has 0 fully saturated rings. The maximum atomic E-state index is 12.9. The number of carboxylic acid groups (broad SMARTS) is 1. The smallest absolute Gasteiger partial charge is 0.336 e. The van der Waals surface area contributed by atoms with Gasteiger partial charge in [-0.2, -0.15) is 0 Å². The van der Waals surface area contributed by atoms with Gasteiger partial charge in [0.15, 0.2) is 0 Å². The molecule has 3 nitrogen and oxygen atoms in total. The van der Waals surface area contributed by atoms with Gasteiger partial charge in [-0.25, -0.2) is 18.6 Å². The summed E-state index contributed by atoms with van der Waals surface area (Å²) in [4.78, 5) is 16.2. The third kappa shape index (κ3) is 2.65. The van der Waals surface area contributed by atoms with Gasteiger partial charge in [0.1, 0.15) is 0 Å². The van der Waals surface area contributed by atoms with Gasteiger partial charge >= 0.3 is 5.97 Å². The molecule has 0 aliphatic heterocycles. The number of aromatic nitrogens is 1. The second-order valence-corrected chi connectivity index (χ2v) is 5.21. The number of aromatic carboxylic acids is 1. The zero-order valence-electron chi connectivity index (χ0n) is 12.3. The fourth-order valence-electron chi connectivity index (χ4n) is 2.66. The van der Waals surface area contributed by atoms with Crippen LogP contribution in [-0.2, 0) is 0 Å². The summed E-state index contributed by atoms with van der Waals surface area (Å²) in [6, 6.07) is 13.1. The van der Waals surface area contributed by atoms with Gasteiger partial charge < -0.3 is 5.11 Å². The van der Waals surface area contributed by atoms with Crippen LogP contribution >= 0.6 is 0 Å². The number of carbonyl (C=O) groups is 1. The molecule has 0 spiro atoms. The number of hydrogen-bond acceptors (Lipinski definition) is 2. The van der Waals surface area contributed by atoms with Gasteiger partial charge in [-0.3, -0.25) is 0 Å². The number of benzene rings is 2. The third-order valence-electron chi connectivity index (χ3n) is 3.77. The van der Waals surface area contributed by atoms with E-state index in [1.807, 2.05) is 30.3 Å². The first-order chi connectivity index (χ1) is 11.0. The van der Waals surface area contributed by atoms with E-state index in [1.54, 1.807) is 6.92 Å². The molecule has 0 saturated carbocycles. The van der Waals surface area contributed by atoms with Crippen molar-refractivity contribution in [2.75, 3.05) is 0 Å². The highest BCUT2D eigenvalue weighted by molar-refractivity contribution is 6.05. The second-order valence-electron chi connectivity index (χ2n) is 5.21. The van der Waals surface area contributed by atoms with Crippen molar-refractivity contribution < 1.29 is 18.7 Å². The first-order valence-corrected chi connectivity index (χ1v) is 7.00. The Morgan fingerprint density at radius 2 is 1.83 bits per heavy atom. The number of carboxylic acids is 1. The summed E-state index contributed by atoms with van der Waals surface area (Å²) < 4.78 is 25.8. The van der Waals surface area contributed by atoms with Crippen LogP contribution in [0.2, 0.25) is 0 Å². The first-order valence-electron chi connectivity index (χ1n) is 7.00. The van der Waals surface area contributed by atoms with E-state index >= 15 is 0 Å². The van der Waals surface area contributed by atoms with E-state index in [4.69, 9.17) is 0 Å². The van der Waals surface area contributed by atoms with Crippen molar-refractivity contribution >= 4 is 16.9 Å². The van der Waals surface area contributed by atoms with Crippen molar-refractivity contribution in [3.05, 3.63) is 65.2 Å². The molecule has 0 unspecified atom stereocenters. The van der Waals surface area contributed by atoms with Crippen LogP contribution in [0.4, 0.5) is 8.78 Å². The molecule has 3 rings (SSSR count). The standard InChI is InChI=1S/C18H13F2NO2/c1-10-15(18(22)23)13-9-12(17(19)20)7-8-14(13)21-16(10)11-5-3-2-4-6-11/h2-9,17H,1H3,(H,22,23). The predicted molar refractivity (Wildman–Crippen MR) is 83.8 cm³/mol. The topological polar surface area (TPSA) is 50.2 Å². The Hall–Kier alpha value is -2.82. The summed E-state index contributed by atoms with van der Waals surface area (Å²) in [5.74, 6) is -1.15. The zero-order chi connectivity index (χ0) is 16.6. The first kappa shape index (κ1) is 15.1. The second kappa shape index (κ2) is 5.76. The molecule has 0 radical (unpaired) electrons. The van der Waals surface area contributed by atoms with Crippen molar-refractivity contribution in [2.45, 2.75) is 13.3 Å². The average molecular weight is 313 g/mol. The highest BCUT2D eigenvalue weighted by atomic mass is 19.3. The number of hydrogen-bond donors (Lipinski definition) is 1. The van der Waals surface area contributed by atoms with E-state index in [0.717, 1.165) is 5.56 Å². The molecule has 0 aliphatic carbocycles. The van der Waals surface area contributed by atoms with Crippen LogP contribution in [-0.4, -0.2) is 16.1 Å². The zero-order valence-corrected chi connectivity index (χ0v) is 12.3. The van der Waals surface area contributed by atoms with E-state index in [9.17, 15) is 18.7 Å². The summed E-state index contributed by atoms with van der Waals surface area (Å²) in [6.45, 7) is 1.65. The lowest BCUT2D eigenvalue weighted by Crippen LogP contribution is -2.05. The molecular formula is C18H13F2NO2. The molecule has 23 heavy (non-hydrogen) atoms. The number of rotatable bonds is 3. The van der Waals surface area contributed by atoms with E-state index in [2.05, 4.69) is 4.98 Å². The summed E-state index contributed by atoms with van der Waals surface area (Å²) in [7, 11) is 0. The Morgan fingerprint density at radius 1 is 1.13 bits per heavy atom. The van der Waals surface area contributed by atoms with E-state index in [-0.39, 0.29) is 16.5 Å². The molecule has 0 aliphatic rings. The minimum atomic E-state index is -2.66. The van der Waals surface area contributed by atoms with Gasteiger partial charge in [0.05, 0.1) is 16.8 Å². The lowest BCUT2D eigenvalue weighted by atomic mass is 9.97. The molecule has 116 valence electrons. The normalized spacial score (nSPS) is 11.1. The monoisotopic (exact) mass is 313 g/mol. The predicted octanol–water partition coefficient (Wildman–Crippen LogP) is 4.85. The van der Waals surface area contributed by atoms with E-state index in [1.165, 1.54) is 18.2 Å². The number of halogens is 2. The van der Waals surface area contributed by atoms with Gasteiger partial charge in [-0.15, -0.1) is 0 Å². The van der Waals surface area contributed by atoms with Gasteiger partial charge in [0.25, 0.3) is 6.43 Å². The molecule has 1 N–H and O–H groups in total. The molecular weight excluding hydrogens is 300 g/mol. The Bertz CT molecular complexity index is 892. The molecule has 0 amide bonds. The lowest BCUT2D eigenvalue weighted by Gasteiger charge is -2.13. The number of alkyl halides is 2. The SMILES string of the molecule is Cc1c(-c2ccccc2)nc2ccc(C(F)F)cc2c1C(=O)O. The van der Waals surface area contributed by atoms with Crippen molar-refractivity contribution in [1.82, 2.24) is 4.98 Å². The molecule has 0 atom stereocenters. The van der Waals surface area contributed by atoms with Gasteiger partial charge in [-0.05, 0) is 24.6 Å². The highest BCUT2D eigenvalue weighted by Gasteiger charge is 2.19. The quantitative estimate of drug-likeness (QED) is 0.752. The minimum Gasteiger partial charge on any atom is -0.478 e. The fourth-order valence-corrected chi connectivity index (χ4v) is 2.66. The summed E-state index contributed by atoms with van der Waals surface area (Å²) >= 11 is 0. The largest absolute Gasteiger partial charge is 0.478 e. The average Bonchev–Trinajstić information content (AvgIpc) is 2.54. The molecule has 2 aromatic carbocycles.